The van der Waals surface area contributed by atoms with E-state index >= 15 is 0 Å². The first-order chi connectivity index (χ1) is 23.3. The number of para-hydroxylation sites is 1. The number of hydrogen-bond donors (Lipinski definition) is 0. The molecule has 0 fully saturated rings. The molecule has 220 valence electrons. The molecular weight excluding hydrogens is 567 g/mol. The third-order valence-corrected chi connectivity index (χ3v) is 9.41. The van der Waals surface area contributed by atoms with E-state index in [-0.39, 0.29) is 0 Å². The fraction of sp³-hybridized carbons (Fsp3) is 0. The Morgan fingerprint density at radius 3 is 1.68 bits per heavy atom. The van der Waals surface area contributed by atoms with E-state index in [0.717, 1.165) is 17.1 Å². The Bertz CT molecular complexity index is 2560. The molecule has 0 radical (unpaired) electrons. The maximum atomic E-state index is 2.42. The zero-order chi connectivity index (χ0) is 31.2. The molecular formula is C46H31N. The summed E-state index contributed by atoms with van der Waals surface area (Å²) in [6.45, 7) is 0. The van der Waals surface area contributed by atoms with Crippen LogP contribution in [0.4, 0.5) is 17.1 Å². The second-order valence-electron chi connectivity index (χ2n) is 12.2. The molecule has 0 aliphatic carbocycles. The first-order valence-corrected chi connectivity index (χ1v) is 16.2. The SMILES string of the molecule is c1ccc(-c2ccc(N(c3ccc4ccc5ccc6ccccc6c5c4c3)c3ccccc3-c3ccc4ccccc4c3)cc2)cc1. The summed E-state index contributed by atoms with van der Waals surface area (Å²) in [7, 11) is 0. The monoisotopic (exact) mass is 597 g/mol. The molecule has 0 aliphatic rings. The Balaban J connectivity index is 1.28. The van der Waals surface area contributed by atoms with Gasteiger partial charge in [-0.15, -0.1) is 0 Å². The number of rotatable bonds is 5. The molecule has 0 saturated carbocycles. The fourth-order valence-electron chi connectivity index (χ4n) is 7.08. The fourth-order valence-corrected chi connectivity index (χ4v) is 7.08. The summed E-state index contributed by atoms with van der Waals surface area (Å²) < 4.78 is 0. The van der Waals surface area contributed by atoms with Crippen LogP contribution in [0.25, 0.3) is 65.3 Å². The highest BCUT2D eigenvalue weighted by Crippen LogP contribution is 2.43. The lowest BCUT2D eigenvalue weighted by molar-refractivity contribution is 1.29. The molecule has 0 N–H and O–H groups in total. The van der Waals surface area contributed by atoms with Crippen LogP contribution in [0.15, 0.2) is 188 Å². The van der Waals surface area contributed by atoms with E-state index in [1.54, 1.807) is 0 Å². The summed E-state index contributed by atoms with van der Waals surface area (Å²) >= 11 is 0. The summed E-state index contributed by atoms with van der Waals surface area (Å²) in [5.41, 5.74) is 8.18. The Labute approximate surface area is 274 Å². The summed E-state index contributed by atoms with van der Waals surface area (Å²) in [6, 6.07) is 68.3. The lowest BCUT2D eigenvalue weighted by Gasteiger charge is -2.28. The normalized spacial score (nSPS) is 11.4. The van der Waals surface area contributed by atoms with Gasteiger partial charge in [0.05, 0.1) is 5.69 Å². The van der Waals surface area contributed by atoms with Gasteiger partial charge in [-0.25, -0.2) is 0 Å². The van der Waals surface area contributed by atoms with E-state index in [9.17, 15) is 0 Å². The number of fused-ring (bicyclic) bond motifs is 6. The lowest BCUT2D eigenvalue weighted by atomic mass is 9.95. The van der Waals surface area contributed by atoms with E-state index in [4.69, 9.17) is 0 Å². The van der Waals surface area contributed by atoms with Crippen LogP contribution in [0.2, 0.25) is 0 Å². The van der Waals surface area contributed by atoms with Gasteiger partial charge >= 0.3 is 0 Å². The maximum Gasteiger partial charge on any atom is 0.0540 e. The van der Waals surface area contributed by atoms with Crippen LogP contribution in [0.5, 0.6) is 0 Å². The molecule has 0 heterocycles. The van der Waals surface area contributed by atoms with Gasteiger partial charge in [0.2, 0.25) is 0 Å². The number of nitrogens with zero attached hydrogens (tertiary/aromatic N) is 1. The van der Waals surface area contributed by atoms with Crippen molar-refractivity contribution in [1.82, 2.24) is 0 Å². The van der Waals surface area contributed by atoms with Crippen molar-refractivity contribution in [2.24, 2.45) is 0 Å². The van der Waals surface area contributed by atoms with Gasteiger partial charge in [-0.2, -0.15) is 0 Å². The smallest absolute Gasteiger partial charge is 0.0540 e. The Morgan fingerprint density at radius 2 is 0.851 bits per heavy atom. The highest BCUT2D eigenvalue weighted by Gasteiger charge is 2.19. The number of anilines is 3. The van der Waals surface area contributed by atoms with Crippen LogP contribution >= 0.6 is 0 Å². The maximum absolute atomic E-state index is 2.42. The minimum atomic E-state index is 1.11. The predicted octanol–water partition coefficient (Wildman–Crippen LogP) is 13.1. The van der Waals surface area contributed by atoms with E-state index in [2.05, 4.69) is 193 Å². The van der Waals surface area contributed by atoms with Crippen LogP contribution in [0, 0.1) is 0 Å². The first kappa shape index (κ1) is 27.2. The van der Waals surface area contributed by atoms with Crippen molar-refractivity contribution in [3.05, 3.63) is 188 Å². The standard InChI is InChI=1S/C46H31N/c1-2-10-32(11-3-1)34-24-27-40(28-25-34)47(45-17-9-8-15-42(45)39-23-18-33-12-4-5-14-38(33)30-39)41-29-26-36-20-22-37-21-19-35-13-6-7-16-43(35)46(37)44(36)31-41/h1-31H. The molecule has 0 bridgehead atoms. The van der Waals surface area contributed by atoms with Gasteiger partial charge in [-0.1, -0.05) is 152 Å². The molecule has 0 atom stereocenters. The van der Waals surface area contributed by atoms with Crippen molar-refractivity contribution in [1.29, 1.82) is 0 Å². The van der Waals surface area contributed by atoms with E-state index < -0.39 is 0 Å². The average Bonchev–Trinajstić information content (AvgIpc) is 3.15. The van der Waals surface area contributed by atoms with Crippen LogP contribution in [0.3, 0.4) is 0 Å². The lowest BCUT2D eigenvalue weighted by Crippen LogP contribution is -2.11. The second-order valence-corrected chi connectivity index (χ2v) is 12.2. The van der Waals surface area contributed by atoms with Crippen LogP contribution < -0.4 is 4.90 Å². The molecule has 9 rings (SSSR count). The molecule has 1 nitrogen and oxygen atoms in total. The van der Waals surface area contributed by atoms with Crippen LogP contribution in [0.1, 0.15) is 0 Å². The topological polar surface area (TPSA) is 3.24 Å². The van der Waals surface area contributed by atoms with Gasteiger partial charge in [0.25, 0.3) is 0 Å². The van der Waals surface area contributed by atoms with Crippen molar-refractivity contribution < 1.29 is 0 Å². The summed E-state index contributed by atoms with van der Waals surface area (Å²) in [6.07, 6.45) is 0. The third kappa shape index (κ3) is 4.81. The van der Waals surface area contributed by atoms with E-state index in [1.807, 2.05) is 0 Å². The first-order valence-electron chi connectivity index (χ1n) is 16.2. The van der Waals surface area contributed by atoms with Gasteiger partial charge in [-0.3, -0.25) is 0 Å². The molecule has 9 aromatic rings. The largest absolute Gasteiger partial charge is 0.310 e. The van der Waals surface area contributed by atoms with Crippen molar-refractivity contribution in [3.63, 3.8) is 0 Å². The number of benzene rings is 9. The molecule has 0 aromatic heterocycles. The highest BCUT2D eigenvalue weighted by atomic mass is 15.1. The van der Waals surface area contributed by atoms with Gasteiger partial charge < -0.3 is 4.90 Å². The third-order valence-electron chi connectivity index (χ3n) is 9.41. The number of hydrogen-bond acceptors (Lipinski definition) is 1. The zero-order valence-corrected chi connectivity index (χ0v) is 25.8. The summed E-state index contributed by atoms with van der Waals surface area (Å²) in [5, 5.41) is 10.1. The zero-order valence-electron chi connectivity index (χ0n) is 25.8. The quantitative estimate of drug-likeness (QED) is 0.178. The summed E-state index contributed by atoms with van der Waals surface area (Å²) in [5.74, 6) is 0. The van der Waals surface area contributed by atoms with Crippen molar-refractivity contribution in [2.45, 2.75) is 0 Å². The molecule has 0 unspecified atom stereocenters. The van der Waals surface area contributed by atoms with Crippen LogP contribution in [-0.2, 0) is 0 Å². The van der Waals surface area contributed by atoms with Crippen LogP contribution in [-0.4, -0.2) is 0 Å². The minimum Gasteiger partial charge on any atom is -0.310 e. The van der Waals surface area contributed by atoms with Crippen molar-refractivity contribution >= 4 is 60.2 Å². The minimum absolute atomic E-state index is 1.11. The molecule has 0 amide bonds. The van der Waals surface area contributed by atoms with Gasteiger partial charge in [0.15, 0.2) is 0 Å². The molecule has 0 aliphatic heterocycles. The van der Waals surface area contributed by atoms with Gasteiger partial charge in [0.1, 0.15) is 0 Å². The van der Waals surface area contributed by atoms with E-state index in [0.29, 0.717) is 0 Å². The predicted molar refractivity (Wildman–Crippen MR) is 202 cm³/mol. The van der Waals surface area contributed by atoms with Gasteiger partial charge in [0, 0.05) is 16.9 Å². The molecule has 47 heavy (non-hydrogen) atoms. The van der Waals surface area contributed by atoms with E-state index in [1.165, 1.54) is 65.3 Å². The van der Waals surface area contributed by atoms with Crippen molar-refractivity contribution in [3.8, 4) is 22.3 Å². The molecule has 1 heteroatoms. The van der Waals surface area contributed by atoms with Gasteiger partial charge in [-0.05, 0) is 96.2 Å². The Hall–Kier alpha value is -6.18. The average molecular weight is 598 g/mol. The molecule has 0 saturated heterocycles. The summed E-state index contributed by atoms with van der Waals surface area (Å²) in [4.78, 5) is 2.42. The molecule has 0 spiro atoms. The highest BCUT2D eigenvalue weighted by molar-refractivity contribution is 6.20. The Kier molecular flexibility index (Phi) is 6.54. The molecule has 9 aromatic carbocycles. The Morgan fingerprint density at radius 1 is 0.298 bits per heavy atom. The second kappa shape index (κ2) is 11.3. The van der Waals surface area contributed by atoms with Crippen molar-refractivity contribution in [2.75, 3.05) is 4.90 Å².